The number of nitrogens with zero attached hydrogens (tertiary/aromatic N) is 1. The van der Waals surface area contributed by atoms with E-state index in [1.54, 1.807) is 0 Å². The summed E-state index contributed by atoms with van der Waals surface area (Å²) >= 11 is 0. The molecule has 0 spiro atoms. The summed E-state index contributed by atoms with van der Waals surface area (Å²) in [7, 11) is -3.52. The van der Waals surface area contributed by atoms with Crippen LogP contribution in [0.4, 0.5) is 8.78 Å². The molecule has 0 bridgehead atoms. The van der Waals surface area contributed by atoms with Gasteiger partial charge in [0.1, 0.15) is 0 Å². The van der Waals surface area contributed by atoms with E-state index >= 15 is 0 Å². The second-order valence-corrected chi connectivity index (χ2v) is 2.94. The van der Waals surface area contributed by atoms with Crippen LogP contribution in [0.5, 0.6) is 0 Å². The smallest absolute Gasteiger partial charge is 0.215 e. The van der Waals surface area contributed by atoms with Gasteiger partial charge in [-0.05, 0) is 0 Å². The molecule has 0 aliphatic rings. The summed E-state index contributed by atoms with van der Waals surface area (Å²) in [5, 5.41) is 4.30. The first-order chi connectivity index (χ1) is 3.85. The van der Waals surface area contributed by atoms with Crippen molar-refractivity contribution in [3.05, 3.63) is 0 Å². The van der Waals surface area contributed by atoms with E-state index in [0.717, 1.165) is 0 Å². The highest BCUT2D eigenvalue weighted by molar-refractivity contribution is 7.86. The maximum atomic E-state index is 11.4. The molecule has 0 fully saturated rings. The predicted molar refractivity (Wildman–Crippen MR) is 26.9 cm³/mol. The topological polar surface area (TPSA) is 63.4 Å². The Morgan fingerprint density at radius 1 is 1.56 bits per heavy atom. The van der Waals surface area contributed by atoms with Gasteiger partial charge in [-0.2, -0.15) is 17.2 Å². The standard InChI is InChI=1S/C2H6F2N2O2S/c1-6(2(3)4)9(5,7)8/h2H,1H3,(H2,5,7,8). The zero-order valence-electron chi connectivity index (χ0n) is 4.58. The summed E-state index contributed by atoms with van der Waals surface area (Å²) in [6.45, 7) is -3.07. The van der Waals surface area contributed by atoms with E-state index in [2.05, 4.69) is 5.14 Å². The van der Waals surface area contributed by atoms with Gasteiger partial charge in [-0.3, -0.25) is 0 Å². The Kier molecular flexibility index (Phi) is 2.47. The molecule has 7 heteroatoms. The van der Waals surface area contributed by atoms with E-state index in [1.807, 2.05) is 0 Å². The van der Waals surface area contributed by atoms with Gasteiger partial charge < -0.3 is 0 Å². The molecule has 0 radical (unpaired) electrons. The van der Waals surface area contributed by atoms with Crippen molar-refractivity contribution in [3.8, 4) is 0 Å². The van der Waals surface area contributed by atoms with Gasteiger partial charge >= 0.3 is 6.55 Å². The van der Waals surface area contributed by atoms with Gasteiger partial charge in [0, 0.05) is 7.05 Å². The highest BCUT2D eigenvalue weighted by atomic mass is 32.2. The van der Waals surface area contributed by atoms with Gasteiger partial charge in [-0.1, -0.05) is 0 Å². The fourth-order valence-corrected chi connectivity index (χ4v) is 0.333. The molecule has 0 aromatic rings. The van der Waals surface area contributed by atoms with Crippen LogP contribution in [-0.2, 0) is 10.2 Å². The van der Waals surface area contributed by atoms with Crippen molar-refractivity contribution in [3.63, 3.8) is 0 Å². The van der Waals surface area contributed by atoms with Gasteiger partial charge in [0.15, 0.2) is 0 Å². The second-order valence-electron chi connectivity index (χ2n) is 1.34. The molecule has 0 heterocycles. The predicted octanol–water partition coefficient (Wildman–Crippen LogP) is -0.656. The Hall–Kier alpha value is -0.270. The fourth-order valence-electron chi connectivity index (χ4n) is 0.111. The van der Waals surface area contributed by atoms with Crippen LogP contribution in [0.2, 0.25) is 0 Å². The van der Waals surface area contributed by atoms with Gasteiger partial charge in [0.05, 0.1) is 0 Å². The van der Waals surface area contributed by atoms with E-state index < -0.39 is 16.8 Å². The van der Waals surface area contributed by atoms with Crippen molar-refractivity contribution in [1.82, 2.24) is 4.31 Å². The Balaban J connectivity index is 4.24. The Morgan fingerprint density at radius 2 is 1.89 bits per heavy atom. The summed E-state index contributed by atoms with van der Waals surface area (Å²) < 4.78 is 42.5. The van der Waals surface area contributed by atoms with E-state index in [0.29, 0.717) is 7.05 Å². The number of hydrogen-bond donors (Lipinski definition) is 1. The van der Waals surface area contributed by atoms with E-state index in [-0.39, 0.29) is 4.31 Å². The van der Waals surface area contributed by atoms with Crippen LogP contribution < -0.4 is 5.14 Å². The molecular weight excluding hydrogens is 154 g/mol. The molecule has 0 amide bonds. The number of hydrogen-bond acceptors (Lipinski definition) is 2. The molecule has 2 N–H and O–H groups in total. The number of nitrogens with two attached hydrogens (primary N) is 1. The van der Waals surface area contributed by atoms with Gasteiger partial charge in [-0.15, -0.1) is 4.31 Å². The fraction of sp³-hybridized carbons (Fsp3) is 1.00. The minimum absolute atomic E-state index is 0.229. The van der Waals surface area contributed by atoms with Gasteiger partial charge in [-0.25, -0.2) is 5.14 Å². The lowest BCUT2D eigenvalue weighted by molar-refractivity contribution is 0.0465. The summed E-state index contributed by atoms with van der Waals surface area (Å²) in [4.78, 5) is 0. The lowest BCUT2D eigenvalue weighted by Crippen LogP contribution is -2.36. The monoisotopic (exact) mass is 160 g/mol. The third-order valence-electron chi connectivity index (χ3n) is 0.676. The molecule has 0 saturated heterocycles. The van der Waals surface area contributed by atoms with E-state index in [1.165, 1.54) is 0 Å². The van der Waals surface area contributed by atoms with Crippen molar-refractivity contribution in [2.45, 2.75) is 6.55 Å². The zero-order valence-corrected chi connectivity index (χ0v) is 5.40. The van der Waals surface area contributed by atoms with E-state index in [9.17, 15) is 17.2 Å². The quantitative estimate of drug-likeness (QED) is 0.545. The molecule has 0 aromatic carbocycles. The SMILES string of the molecule is CN(C(F)F)S(N)(=O)=O. The van der Waals surface area contributed by atoms with Crippen molar-refractivity contribution >= 4 is 10.2 Å². The van der Waals surface area contributed by atoms with Gasteiger partial charge in [0.25, 0.3) is 10.2 Å². The molecular formula is C2H6F2N2O2S. The molecule has 0 aliphatic heterocycles. The summed E-state index contributed by atoms with van der Waals surface area (Å²) in [5.41, 5.74) is 0. The highest BCUT2D eigenvalue weighted by Gasteiger charge is 2.20. The largest absolute Gasteiger partial charge is 0.308 e. The zero-order chi connectivity index (χ0) is 7.65. The van der Waals surface area contributed by atoms with Crippen molar-refractivity contribution in [2.75, 3.05) is 7.05 Å². The van der Waals surface area contributed by atoms with Crippen LogP contribution in [0, 0.1) is 0 Å². The lowest BCUT2D eigenvalue weighted by atomic mass is 11.2. The number of alkyl halides is 2. The first kappa shape index (κ1) is 8.73. The van der Waals surface area contributed by atoms with Crippen LogP contribution in [0.15, 0.2) is 0 Å². The molecule has 0 aliphatic carbocycles. The average Bonchev–Trinajstić information content (AvgIpc) is 1.62. The molecule has 9 heavy (non-hydrogen) atoms. The maximum absolute atomic E-state index is 11.4. The Morgan fingerprint density at radius 3 is 1.89 bits per heavy atom. The number of rotatable bonds is 2. The third kappa shape index (κ3) is 2.68. The molecule has 0 aromatic heterocycles. The summed E-state index contributed by atoms with van der Waals surface area (Å²) in [6.07, 6.45) is 0. The maximum Gasteiger partial charge on any atom is 0.308 e. The Labute approximate surface area is 51.4 Å². The Bertz CT molecular complexity index is 177. The third-order valence-corrected chi connectivity index (χ3v) is 1.64. The minimum atomic E-state index is -4.22. The van der Waals surface area contributed by atoms with Crippen LogP contribution in [0.3, 0.4) is 0 Å². The molecule has 0 rings (SSSR count). The van der Waals surface area contributed by atoms with Crippen LogP contribution >= 0.6 is 0 Å². The second kappa shape index (κ2) is 2.54. The first-order valence-electron chi connectivity index (χ1n) is 1.89. The van der Waals surface area contributed by atoms with E-state index in [4.69, 9.17) is 0 Å². The normalized spacial score (nSPS) is 13.1. The van der Waals surface area contributed by atoms with Crippen molar-refractivity contribution < 1.29 is 17.2 Å². The summed E-state index contributed by atoms with van der Waals surface area (Å²) in [6, 6.07) is 0. The van der Waals surface area contributed by atoms with Crippen molar-refractivity contribution in [1.29, 1.82) is 0 Å². The molecule has 0 atom stereocenters. The van der Waals surface area contributed by atoms with Gasteiger partial charge in [0.2, 0.25) is 0 Å². The molecule has 56 valence electrons. The van der Waals surface area contributed by atoms with Crippen LogP contribution in [0.1, 0.15) is 0 Å². The molecule has 0 unspecified atom stereocenters. The average molecular weight is 160 g/mol. The molecule has 0 saturated carbocycles. The van der Waals surface area contributed by atoms with Crippen molar-refractivity contribution in [2.24, 2.45) is 5.14 Å². The minimum Gasteiger partial charge on any atom is -0.215 e. The van der Waals surface area contributed by atoms with Crippen LogP contribution in [0.25, 0.3) is 0 Å². The summed E-state index contributed by atoms with van der Waals surface area (Å²) in [5.74, 6) is 0. The lowest BCUT2D eigenvalue weighted by Gasteiger charge is -2.10. The molecule has 4 nitrogen and oxygen atoms in total. The first-order valence-corrected chi connectivity index (χ1v) is 3.40. The highest BCUT2D eigenvalue weighted by Crippen LogP contribution is 2.01. The van der Waals surface area contributed by atoms with Crippen LogP contribution in [-0.4, -0.2) is 26.3 Å². The number of halogens is 2.